The lowest BCUT2D eigenvalue weighted by Gasteiger charge is -2.08. The fourth-order valence-corrected chi connectivity index (χ4v) is 2.48. The van der Waals surface area contributed by atoms with E-state index in [2.05, 4.69) is 10.0 Å². The fourth-order valence-electron chi connectivity index (χ4n) is 1.36. The molecule has 100 valence electrons. The fraction of sp³-hybridized carbons (Fsp3) is 0.364. The van der Waals surface area contributed by atoms with Gasteiger partial charge in [0.25, 0.3) is 0 Å². The van der Waals surface area contributed by atoms with Crippen molar-refractivity contribution >= 4 is 21.6 Å². The van der Waals surface area contributed by atoms with Crippen LogP contribution in [0.4, 0.5) is 5.69 Å². The average Bonchev–Trinajstić information content (AvgIpc) is 2.30. The minimum Gasteiger partial charge on any atom is -0.398 e. The SMILES string of the molecule is CCNC(=O)CNS(=O)(=O)Cc1ccccc1N. The van der Waals surface area contributed by atoms with Crippen LogP contribution in [-0.4, -0.2) is 27.4 Å². The molecule has 0 aromatic heterocycles. The van der Waals surface area contributed by atoms with Gasteiger partial charge in [-0.3, -0.25) is 4.79 Å². The van der Waals surface area contributed by atoms with Crippen LogP contribution in [-0.2, 0) is 20.6 Å². The predicted molar refractivity (Wildman–Crippen MR) is 70.2 cm³/mol. The van der Waals surface area contributed by atoms with Crippen LogP contribution in [0.5, 0.6) is 0 Å². The van der Waals surface area contributed by atoms with E-state index in [0.717, 1.165) is 0 Å². The third kappa shape index (κ3) is 4.72. The zero-order valence-electron chi connectivity index (χ0n) is 10.1. The molecule has 0 saturated carbocycles. The van der Waals surface area contributed by atoms with Gasteiger partial charge in [0, 0.05) is 12.2 Å². The standard InChI is InChI=1S/C11H17N3O3S/c1-2-13-11(15)7-14-18(16,17)8-9-5-3-4-6-10(9)12/h3-6,14H,2,7-8,12H2,1H3,(H,13,15). The molecular weight excluding hydrogens is 254 g/mol. The second-order valence-electron chi connectivity index (χ2n) is 3.73. The number of hydrogen-bond acceptors (Lipinski definition) is 4. The van der Waals surface area contributed by atoms with Gasteiger partial charge in [-0.1, -0.05) is 18.2 Å². The number of benzene rings is 1. The van der Waals surface area contributed by atoms with Gasteiger partial charge in [0.1, 0.15) is 0 Å². The lowest BCUT2D eigenvalue weighted by atomic mass is 10.2. The minimum absolute atomic E-state index is 0.237. The number of sulfonamides is 1. The maximum Gasteiger partial charge on any atom is 0.235 e. The van der Waals surface area contributed by atoms with E-state index in [1.165, 1.54) is 0 Å². The molecule has 0 radical (unpaired) electrons. The highest BCUT2D eigenvalue weighted by molar-refractivity contribution is 7.88. The van der Waals surface area contributed by atoms with E-state index in [-0.39, 0.29) is 18.2 Å². The van der Waals surface area contributed by atoms with Crippen LogP contribution in [0.2, 0.25) is 0 Å². The molecule has 4 N–H and O–H groups in total. The van der Waals surface area contributed by atoms with Gasteiger partial charge in [0.15, 0.2) is 0 Å². The molecule has 0 bridgehead atoms. The summed E-state index contributed by atoms with van der Waals surface area (Å²) in [6.45, 7) is 1.96. The van der Waals surface area contributed by atoms with Crippen molar-refractivity contribution in [3.63, 3.8) is 0 Å². The highest BCUT2D eigenvalue weighted by Gasteiger charge is 2.14. The second kappa shape index (κ2) is 6.36. The van der Waals surface area contributed by atoms with E-state index in [1.807, 2.05) is 0 Å². The van der Waals surface area contributed by atoms with Gasteiger partial charge in [0.05, 0.1) is 12.3 Å². The van der Waals surface area contributed by atoms with Gasteiger partial charge >= 0.3 is 0 Å². The Morgan fingerprint density at radius 1 is 1.33 bits per heavy atom. The molecule has 0 spiro atoms. The highest BCUT2D eigenvalue weighted by Crippen LogP contribution is 2.13. The molecular formula is C11H17N3O3S. The molecule has 1 rings (SSSR count). The molecule has 0 unspecified atom stereocenters. The Hall–Kier alpha value is -1.60. The van der Waals surface area contributed by atoms with Crippen molar-refractivity contribution in [1.29, 1.82) is 0 Å². The largest absolute Gasteiger partial charge is 0.398 e. The first-order valence-electron chi connectivity index (χ1n) is 5.52. The van der Waals surface area contributed by atoms with Crippen LogP contribution in [0.3, 0.4) is 0 Å². The highest BCUT2D eigenvalue weighted by atomic mass is 32.2. The number of likely N-dealkylation sites (N-methyl/N-ethyl adjacent to an activating group) is 1. The summed E-state index contributed by atoms with van der Waals surface area (Å²) in [4.78, 5) is 11.1. The molecule has 6 nitrogen and oxygen atoms in total. The third-order valence-corrected chi connectivity index (χ3v) is 3.50. The number of amides is 1. The third-order valence-electron chi connectivity index (χ3n) is 2.23. The van der Waals surface area contributed by atoms with Crippen molar-refractivity contribution in [1.82, 2.24) is 10.0 Å². The number of carbonyl (C=O) groups excluding carboxylic acids is 1. The molecule has 0 saturated heterocycles. The van der Waals surface area contributed by atoms with Gasteiger partial charge in [0.2, 0.25) is 15.9 Å². The average molecular weight is 271 g/mol. The molecule has 18 heavy (non-hydrogen) atoms. The maximum atomic E-state index is 11.7. The van der Waals surface area contributed by atoms with Gasteiger partial charge in [-0.25, -0.2) is 13.1 Å². The van der Waals surface area contributed by atoms with Crippen molar-refractivity contribution < 1.29 is 13.2 Å². The summed E-state index contributed by atoms with van der Waals surface area (Å²) in [5.41, 5.74) is 6.59. The van der Waals surface area contributed by atoms with Gasteiger partial charge in [-0.05, 0) is 18.6 Å². The number of carbonyl (C=O) groups is 1. The maximum absolute atomic E-state index is 11.7. The van der Waals surface area contributed by atoms with Gasteiger partial charge < -0.3 is 11.1 Å². The summed E-state index contributed by atoms with van der Waals surface area (Å²) in [6, 6.07) is 6.72. The Labute approximate surface area is 107 Å². The van der Waals surface area contributed by atoms with Crippen molar-refractivity contribution in [2.45, 2.75) is 12.7 Å². The molecule has 1 aromatic rings. The van der Waals surface area contributed by atoms with Crippen LogP contribution in [0.15, 0.2) is 24.3 Å². The Morgan fingerprint density at radius 2 is 2.00 bits per heavy atom. The zero-order chi connectivity index (χ0) is 13.6. The Balaban J connectivity index is 2.60. The van der Waals surface area contributed by atoms with Crippen molar-refractivity contribution in [2.75, 3.05) is 18.8 Å². The van der Waals surface area contributed by atoms with E-state index < -0.39 is 10.0 Å². The molecule has 0 fully saturated rings. The summed E-state index contributed by atoms with van der Waals surface area (Å²) in [6.07, 6.45) is 0. The summed E-state index contributed by atoms with van der Waals surface area (Å²) in [7, 11) is -3.56. The molecule has 0 aliphatic carbocycles. The Morgan fingerprint density at radius 3 is 2.61 bits per heavy atom. The van der Waals surface area contributed by atoms with E-state index >= 15 is 0 Å². The molecule has 1 amide bonds. The van der Waals surface area contributed by atoms with E-state index in [0.29, 0.717) is 17.8 Å². The lowest BCUT2D eigenvalue weighted by Crippen LogP contribution is -2.37. The predicted octanol–water partition coefficient (Wildman–Crippen LogP) is -0.176. The number of anilines is 1. The number of hydrogen-bond donors (Lipinski definition) is 3. The summed E-state index contributed by atoms with van der Waals surface area (Å²) < 4.78 is 25.7. The lowest BCUT2D eigenvalue weighted by molar-refractivity contribution is -0.119. The quantitative estimate of drug-likeness (QED) is 0.625. The molecule has 0 atom stereocenters. The van der Waals surface area contributed by atoms with Crippen LogP contribution >= 0.6 is 0 Å². The smallest absolute Gasteiger partial charge is 0.235 e. The van der Waals surface area contributed by atoms with Crippen molar-refractivity contribution in [3.05, 3.63) is 29.8 Å². The van der Waals surface area contributed by atoms with Gasteiger partial charge in [-0.15, -0.1) is 0 Å². The molecule has 1 aromatic carbocycles. The number of nitrogens with two attached hydrogens (primary N) is 1. The van der Waals surface area contributed by atoms with Crippen LogP contribution in [0.1, 0.15) is 12.5 Å². The van der Waals surface area contributed by atoms with Crippen molar-refractivity contribution in [2.24, 2.45) is 0 Å². The Kier molecular flexibility index (Phi) is 5.11. The first-order chi connectivity index (χ1) is 8.44. The van der Waals surface area contributed by atoms with E-state index in [1.54, 1.807) is 31.2 Å². The van der Waals surface area contributed by atoms with E-state index in [9.17, 15) is 13.2 Å². The molecule has 7 heteroatoms. The summed E-state index contributed by atoms with van der Waals surface area (Å²) in [5.74, 6) is -0.596. The van der Waals surface area contributed by atoms with Crippen LogP contribution in [0, 0.1) is 0 Å². The van der Waals surface area contributed by atoms with E-state index in [4.69, 9.17) is 5.73 Å². The van der Waals surface area contributed by atoms with Crippen molar-refractivity contribution in [3.8, 4) is 0 Å². The number of nitrogens with one attached hydrogen (secondary N) is 2. The first-order valence-corrected chi connectivity index (χ1v) is 7.17. The number of rotatable bonds is 6. The molecule has 0 aliphatic heterocycles. The first kappa shape index (κ1) is 14.5. The minimum atomic E-state index is -3.56. The number of para-hydroxylation sites is 1. The molecule has 0 heterocycles. The molecule has 0 aliphatic rings. The van der Waals surface area contributed by atoms with Crippen LogP contribution < -0.4 is 15.8 Å². The second-order valence-corrected chi connectivity index (χ2v) is 5.54. The normalized spacial score (nSPS) is 11.2. The zero-order valence-corrected chi connectivity index (χ0v) is 11.0. The van der Waals surface area contributed by atoms with Crippen LogP contribution in [0.25, 0.3) is 0 Å². The van der Waals surface area contributed by atoms with Gasteiger partial charge in [-0.2, -0.15) is 0 Å². The summed E-state index contributed by atoms with van der Waals surface area (Å²) in [5, 5.41) is 2.50. The summed E-state index contributed by atoms with van der Waals surface area (Å²) >= 11 is 0. The number of nitrogen functional groups attached to an aromatic ring is 1. The Bertz CT molecular complexity index is 514. The monoisotopic (exact) mass is 271 g/mol. The topological polar surface area (TPSA) is 101 Å².